The number of ether oxygens (including phenoxy) is 1. The second-order valence-electron chi connectivity index (χ2n) is 6.11. The summed E-state index contributed by atoms with van der Waals surface area (Å²) in [6.07, 6.45) is 9.65. The van der Waals surface area contributed by atoms with Crippen LogP contribution in [0.5, 0.6) is 0 Å². The molecule has 2 heteroatoms. The van der Waals surface area contributed by atoms with Crippen LogP contribution in [0.25, 0.3) is 0 Å². The van der Waals surface area contributed by atoms with Crippen LogP contribution in [0.3, 0.4) is 0 Å². The van der Waals surface area contributed by atoms with Crippen LogP contribution in [0, 0.1) is 0 Å². The Kier molecular flexibility index (Phi) is 4.19. The van der Waals surface area contributed by atoms with Crippen molar-refractivity contribution in [3.63, 3.8) is 0 Å². The summed E-state index contributed by atoms with van der Waals surface area (Å²) in [7, 11) is 1.88. The third-order valence-corrected chi connectivity index (χ3v) is 4.95. The van der Waals surface area contributed by atoms with Crippen LogP contribution in [-0.4, -0.2) is 19.3 Å². The molecule has 3 rings (SSSR count). The van der Waals surface area contributed by atoms with E-state index in [0.29, 0.717) is 18.2 Å². The molecule has 0 amide bonds. The van der Waals surface area contributed by atoms with Crippen molar-refractivity contribution < 1.29 is 10.1 Å². The van der Waals surface area contributed by atoms with Gasteiger partial charge in [0.2, 0.25) is 0 Å². The summed E-state index contributed by atoms with van der Waals surface area (Å²) in [5.41, 5.74) is 3.15. The van der Waals surface area contributed by atoms with Gasteiger partial charge in [0, 0.05) is 25.5 Å². The van der Waals surface area contributed by atoms with E-state index in [0.717, 1.165) is 0 Å². The molecular weight excluding hydrogens is 234 g/mol. The van der Waals surface area contributed by atoms with Crippen molar-refractivity contribution in [3.05, 3.63) is 35.4 Å². The summed E-state index contributed by atoms with van der Waals surface area (Å²) in [6.45, 7) is 0. The highest BCUT2D eigenvalue weighted by atomic mass is 16.5. The Labute approximate surface area is 116 Å². The fraction of sp³-hybridized carbons (Fsp3) is 0.647. The molecule has 2 aliphatic carbocycles. The third-order valence-electron chi connectivity index (χ3n) is 4.95. The van der Waals surface area contributed by atoms with Crippen molar-refractivity contribution >= 4 is 0 Å². The second kappa shape index (κ2) is 6.06. The maximum Gasteiger partial charge on any atom is 0.113 e. The van der Waals surface area contributed by atoms with Crippen molar-refractivity contribution in [1.29, 1.82) is 0 Å². The van der Waals surface area contributed by atoms with E-state index in [1.165, 1.54) is 44.9 Å². The lowest BCUT2D eigenvalue weighted by atomic mass is 9.85. The molecule has 2 aliphatic rings. The maximum atomic E-state index is 5.70. The molecule has 0 bridgehead atoms. The molecule has 1 fully saturated rings. The van der Waals surface area contributed by atoms with Crippen LogP contribution in [0.15, 0.2) is 24.3 Å². The van der Waals surface area contributed by atoms with Crippen molar-refractivity contribution in [1.82, 2.24) is 0 Å². The first-order valence-electron chi connectivity index (χ1n) is 7.84. The summed E-state index contributed by atoms with van der Waals surface area (Å²) in [6, 6.07) is 10.3. The topological polar surface area (TPSA) is 25.8 Å². The smallest absolute Gasteiger partial charge is 0.113 e. The SMILES string of the molecule is CO[C@@H]1CCCC[C@H]1[NH2+][C@@H]1CCCc2ccccc21. The average molecular weight is 260 g/mol. The monoisotopic (exact) mass is 260 g/mol. The standard InChI is InChI=1S/C17H25NO/c1-19-17-12-5-4-10-16(17)18-15-11-6-8-13-7-2-3-9-14(13)15/h2-3,7,9,15-18H,4-6,8,10-12H2,1H3/p+1/t15-,16-,17-/m1/s1. The molecule has 3 atom stereocenters. The molecular formula is C17H26NO+. The Morgan fingerprint density at radius 3 is 2.79 bits per heavy atom. The Balaban J connectivity index is 1.73. The highest BCUT2D eigenvalue weighted by molar-refractivity contribution is 5.30. The van der Waals surface area contributed by atoms with Crippen molar-refractivity contribution in [2.24, 2.45) is 0 Å². The van der Waals surface area contributed by atoms with Gasteiger partial charge in [-0.15, -0.1) is 0 Å². The molecule has 0 spiro atoms. The molecule has 1 aromatic rings. The molecule has 1 saturated carbocycles. The highest BCUT2D eigenvalue weighted by Crippen LogP contribution is 2.28. The van der Waals surface area contributed by atoms with E-state index in [1.807, 2.05) is 7.11 Å². The zero-order valence-electron chi connectivity index (χ0n) is 12.0. The van der Waals surface area contributed by atoms with Gasteiger partial charge in [-0.25, -0.2) is 0 Å². The minimum atomic E-state index is 0.461. The zero-order chi connectivity index (χ0) is 13.1. The number of hydrogen-bond donors (Lipinski definition) is 1. The molecule has 1 aromatic carbocycles. The van der Waals surface area contributed by atoms with Crippen LogP contribution >= 0.6 is 0 Å². The summed E-state index contributed by atoms with van der Waals surface area (Å²) in [5, 5.41) is 2.62. The van der Waals surface area contributed by atoms with Gasteiger partial charge in [0.05, 0.1) is 0 Å². The van der Waals surface area contributed by atoms with Crippen LogP contribution in [0.2, 0.25) is 0 Å². The van der Waals surface area contributed by atoms with E-state index in [4.69, 9.17) is 4.74 Å². The quantitative estimate of drug-likeness (QED) is 0.888. The number of quaternary nitrogens is 1. The van der Waals surface area contributed by atoms with Gasteiger partial charge in [0.15, 0.2) is 0 Å². The third kappa shape index (κ3) is 2.85. The summed E-state index contributed by atoms with van der Waals surface area (Å²) in [5.74, 6) is 0. The van der Waals surface area contributed by atoms with Gasteiger partial charge in [-0.3, -0.25) is 0 Å². The molecule has 0 aliphatic heterocycles. The van der Waals surface area contributed by atoms with E-state index in [-0.39, 0.29) is 0 Å². The van der Waals surface area contributed by atoms with Gasteiger partial charge in [-0.05, 0) is 31.2 Å². The predicted octanol–water partition coefficient (Wildman–Crippen LogP) is 2.58. The van der Waals surface area contributed by atoms with Crippen LogP contribution in [0.4, 0.5) is 0 Å². The molecule has 0 aromatic heterocycles. The Bertz CT molecular complexity index is 417. The minimum Gasteiger partial charge on any atom is -0.375 e. The number of benzene rings is 1. The number of fused-ring (bicyclic) bond motifs is 1. The highest BCUT2D eigenvalue weighted by Gasteiger charge is 2.32. The largest absolute Gasteiger partial charge is 0.375 e. The average Bonchev–Trinajstić information content (AvgIpc) is 2.48. The van der Waals surface area contributed by atoms with Gasteiger partial charge in [0.25, 0.3) is 0 Å². The minimum absolute atomic E-state index is 0.461. The van der Waals surface area contributed by atoms with Crippen LogP contribution in [0.1, 0.15) is 55.7 Å². The summed E-state index contributed by atoms with van der Waals surface area (Å²) < 4.78 is 5.70. The number of aryl methyl sites for hydroxylation is 1. The number of methoxy groups -OCH3 is 1. The van der Waals surface area contributed by atoms with E-state index in [9.17, 15) is 0 Å². The first-order valence-corrected chi connectivity index (χ1v) is 7.84. The summed E-state index contributed by atoms with van der Waals surface area (Å²) in [4.78, 5) is 0. The Morgan fingerprint density at radius 2 is 1.89 bits per heavy atom. The van der Waals surface area contributed by atoms with Crippen molar-refractivity contribution in [2.75, 3.05) is 7.11 Å². The Morgan fingerprint density at radius 1 is 1.05 bits per heavy atom. The fourth-order valence-electron chi connectivity index (χ4n) is 3.93. The van der Waals surface area contributed by atoms with E-state index < -0.39 is 0 Å². The van der Waals surface area contributed by atoms with Gasteiger partial charge < -0.3 is 10.1 Å². The number of hydrogen-bond acceptors (Lipinski definition) is 1. The first-order chi connectivity index (χ1) is 9.38. The van der Waals surface area contributed by atoms with Crippen LogP contribution in [-0.2, 0) is 11.2 Å². The molecule has 0 saturated heterocycles. The lowest BCUT2D eigenvalue weighted by Gasteiger charge is -2.33. The van der Waals surface area contributed by atoms with Gasteiger partial charge >= 0.3 is 0 Å². The lowest BCUT2D eigenvalue weighted by Crippen LogP contribution is -2.93. The second-order valence-corrected chi connectivity index (χ2v) is 6.11. The molecule has 0 heterocycles. The molecule has 0 unspecified atom stereocenters. The molecule has 2 nitrogen and oxygen atoms in total. The number of nitrogens with two attached hydrogens (primary N) is 1. The van der Waals surface area contributed by atoms with Gasteiger partial charge in [0.1, 0.15) is 18.2 Å². The lowest BCUT2D eigenvalue weighted by molar-refractivity contribution is -0.737. The number of rotatable bonds is 3. The molecule has 104 valence electrons. The zero-order valence-corrected chi connectivity index (χ0v) is 12.0. The van der Waals surface area contributed by atoms with Crippen molar-refractivity contribution in [3.8, 4) is 0 Å². The van der Waals surface area contributed by atoms with Crippen LogP contribution < -0.4 is 5.32 Å². The van der Waals surface area contributed by atoms with E-state index in [2.05, 4.69) is 29.6 Å². The van der Waals surface area contributed by atoms with Gasteiger partial charge in [-0.2, -0.15) is 0 Å². The molecule has 0 radical (unpaired) electrons. The van der Waals surface area contributed by atoms with E-state index >= 15 is 0 Å². The maximum absolute atomic E-state index is 5.70. The Hall–Kier alpha value is -0.860. The fourth-order valence-corrected chi connectivity index (χ4v) is 3.93. The van der Waals surface area contributed by atoms with Crippen molar-refractivity contribution in [2.45, 2.75) is 63.1 Å². The predicted molar refractivity (Wildman–Crippen MR) is 77.1 cm³/mol. The molecule has 2 N–H and O–H groups in total. The summed E-state index contributed by atoms with van der Waals surface area (Å²) >= 11 is 0. The first kappa shape index (κ1) is 13.1. The molecule has 19 heavy (non-hydrogen) atoms. The normalized spacial score (nSPS) is 30.9. The van der Waals surface area contributed by atoms with Gasteiger partial charge in [-0.1, -0.05) is 30.7 Å². The van der Waals surface area contributed by atoms with E-state index in [1.54, 1.807) is 11.1 Å².